The van der Waals surface area contributed by atoms with Gasteiger partial charge in [-0.3, -0.25) is 0 Å². The summed E-state index contributed by atoms with van der Waals surface area (Å²) in [5.74, 6) is 2.23. The molecule has 1 N–H and O–H groups in total. The summed E-state index contributed by atoms with van der Waals surface area (Å²) in [6, 6.07) is 0. The number of aliphatic hydroxyl groups excluding tert-OH is 1. The van der Waals surface area contributed by atoms with E-state index in [1.165, 1.54) is 12.8 Å². The van der Waals surface area contributed by atoms with Gasteiger partial charge in [0.1, 0.15) is 0 Å². The van der Waals surface area contributed by atoms with E-state index in [0.29, 0.717) is 11.3 Å². The Morgan fingerprint density at radius 1 is 1.17 bits per heavy atom. The number of hydrogen-bond donors (Lipinski definition) is 1. The van der Waals surface area contributed by atoms with Gasteiger partial charge in [-0.2, -0.15) is 0 Å². The van der Waals surface area contributed by atoms with Gasteiger partial charge in [-0.05, 0) is 42.4 Å². The predicted octanol–water partition coefficient (Wildman–Crippen LogP) is 2.44. The maximum absolute atomic E-state index is 9.75. The molecule has 0 amide bonds. The molecule has 2 saturated carbocycles. The van der Waals surface area contributed by atoms with Crippen molar-refractivity contribution in [1.29, 1.82) is 0 Å². The van der Waals surface area contributed by atoms with Crippen LogP contribution in [0, 0.1) is 23.2 Å². The highest BCUT2D eigenvalue weighted by Crippen LogP contribution is 2.56. The van der Waals surface area contributed by atoms with E-state index < -0.39 is 0 Å². The highest BCUT2D eigenvalue weighted by atomic mass is 16.3. The smallest absolute Gasteiger partial charge is 0.0574 e. The van der Waals surface area contributed by atoms with Gasteiger partial charge in [0.15, 0.2) is 0 Å². The fraction of sp³-hybridized carbons (Fsp3) is 1.00. The molecule has 0 heterocycles. The minimum Gasteiger partial charge on any atom is -0.393 e. The molecular formula is C11H20O. The molecule has 2 rings (SSSR count). The zero-order valence-electron chi connectivity index (χ0n) is 8.38. The molecule has 1 heteroatoms. The summed E-state index contributed by atoms with van der Waals surface area (Å²) in [5.41, 5.74) is 0.406. The number of hydrogen-bond acceptors (Lipinski definition) is 1. The summed E-state index contributed by atoms with van der Waals surface area (Å²) in [4.78, 5) is 0. The van der Waals surface area contributed by atoms with E-state index in [1.807, 2.05) is 0 Å². The summed E-state index contributed by atoms with van der Waals surface area (Å²) in [7, 11) is 0. The zero-order valence-corrected chi connectivity index (χ0v) is 8.38. The van der Waals surface area contributed by atoms with Crippen LogP contribution < -0.4 is 0 Å². The van der Waals surface area contributed by atoms with Crippen molar-refractivity contribution >= 4 is 0 Å². The van der Waals surface area contributed by atoms with Gasteiger partial charge in [-0.25, -0.2) is 0 Å². The van der Waals surface area contributed by atoms with Gasteiger partial charge >= 0.3 is 0 Å². The molecule has 0 aliphatic heterocycles. The molecule has 2 bridgehead atoms. The monoisotopic (exact) mass is 168 g/mol. The van der Waals surface area contributed by atoms with Crippen molar-refractivity contribution in [2.45, 2.75) is 46.1 Å². The summed E-state index contributed by atoms with van der Waals surface area (Å²) in [6.45, 7) is 6.96. The average Bonchev–Trinajstić information content (AvgIpc) is 2.39. The second-order valence-electron chi connectivity index (χ2n) is 5.70. The van der Waals surface area contributed by atoms with Crippen molar-refractivity contribution in [2.75, 3.05) is 0 Å². The third-order valence-corrected chi connectivity index (χ3v) is 3.88. The topological polar surface area (TPSA) is 20.2 Å². The summed E-state index contributed by atoms with van der Waals surface area (Å²) in [5, 5.41) is 9.75. The van der Waals surface area contributed by atoms with Crippen molar-refractivity contribution < 1.29 is 5.11 Å². The highest BCUT2D eigenvalue weighted by Gasteiger charge is 2.51. The lowest BCUT2D eigenvalue weighted by Gasteiger charge is -2.31. The molecule has 0 aromatic carbocycles. The third kappa shape index (κ3) is 1.10. The zero-order chi connectivity index (χ0) is 8.93. The van der Waals surface area contributed by atoms with Crippen molar-refractivity contribution in [3.05, 3.63) is 0 Å². The van der Waals surface area contributed by atoms with Gasteiger partial charge in [-0.15, -0.1) is 0 Å². The quantitative estimate of drug-likeness (QED) is 0.589. The molecule has 12 heavy (non-hydrogen) atoms. The van der Waals surface area contributed by atoms with Crippen molar-refractivity contribution in [1.82, 2.24) is 0 Å². The minimum absolute atomic E-state index is 0.0213. The van der Waals surface area contributed by atoms with Crippen LogP contribution in [0.4, 0.5) is 0 Å². The van der Waals surface area contributed by atoms with Crippen molar-refractivity contribution in [3.63, 3.8) is 0 Å². The number of rotatable bonds is 0. The maximum atomic E-state index is 9.75. The van der Waals surface area contributed by atoms with Gasteiger partial charge in [-0.1, -0.05) is 20.8 Å². The molecule has 0 aromatic rings. The molecule has 0 saturated heterocycles. The molecule has 2 aliphatic rings. The van der Waals surface area contributed by atoms with Gasteiger partial charge in [0, 0.05) is 0 Å². The molecule has 1 nitrogen and oxygen atoms in total. The molecule has 70 valence electrons. The van der Waals surface area contributed by atoms with E-state index in [2.05, 4.69) is 20.8 Å². The predicted molar refractivity (Wildman–Crippen MR) is 49.8 cm³/mol. The van der Waals surface area contributed by atoms with Crippen LogP contribution in [0.1, 0.15) is 40.0 Å². The van der Waals surface area contributed by atoms with E-state index in [9.17, 15) is 5.11 Å². The van der Waals surface area contributed by atoms with Crippen molar-refractivity contribution in [3.8, 4) is 0 Å². The van der Waals surface area contributed by atoms with Crippen LogP contribution in [0.2, 0.25) is 0 Å². The Morgan fingerprint density at radius 2 is 1.83 bits per heavy atom. The normalized spacial score (nSPS) is 47.0. The molecule has 4 atom stereocenters. The standard InChI is InChI=1S/C11H20O/c1-11(2,3)10-7-4-5-8(10)9(12)6-7/h7-10,12H,4-6H2,1-3H3/t7-,8+,9-,10?/m0/s1. The molecule has 0 aromatic heterocycles. The van der Waals surface area contributed by atoms with Crippen LogP contribution >= 0.6 is 0 Å². The first-order valence-electron chi connectivity index (χ1n) is 5.18. The lowest BCUT2D eigenvalue weighted by Crippen LogP contribution is -2.26. The first-order chi connectivity index (χ1) is 5.50. The fourth-order valence-electron chi connectivity index (χ4n) is 3.65. The second kappa shape index (κ2) is 2.47. The highest BCUT2D eigenvalue weighted by molar-refractivity contribution is 5.00. The Balaban J connectivity index is 2.19. The lowest BCUT2D eigenvalue weighted by atomic mass is 9.74. The summed E-state index contributed by atoms with van der Waals surface area (Å²) < 4.78 is 0. The van der Waals surface area contributed by atoms with E-state index in [-0.39, 0.29) is 6.10 Å². The molecule has 0 spiro atoms. The van der Waals surface area contributed by atoms with E-state index in [4.69, 9.17) is 0 Å². The van der Waals surface area contributed by atoms with Crippen LogP contribution in [0.3, 0.4) is 0 Å². The van der Waals surface area contributed by atoms with Crippen LogP contribution in [-0.4, -0.2) is 11.2 Å². The fourth-order valence-corrected chi connectivity index (χ4v) is 3.65. The Hall–Kier alpha value is -0.0400. The number of fused-ring (bicyclic) bond motifs is 2. The molecule has 2 fully saturated rings. The molecule has 1 unspecified atom stereocenters. The average molecular weight is 168 g/mol. The van der Waals surface area contributed by atoms with Gasteiger partial charge in [0.2, 0.25) is 0 Å². The maximum Gasteiger partial charge on any atom is 0.0574 e. The van der Waals surface area contributed by atoms with E-state index in [0.717, 1.165) is 18.3 Å². The summed E-state index contributed by atoms with van der Waals surface area (Å²) >= 11 is 0. The van der Waals surface area contributed by atoms with Gasteiger partial charge in [0.25, 0.3) is 0 Å². The second-order valence-corrected chi connectivity index (χ2v) is 5.70. The first-order valence-corrected chi connectivity index (χ1v) is 5.18. The van der Waals surface area contributed by atoms with Crippen LogP contribution in [0.5, 0.6) is 0 Å². The molecule has 2 aliphatic carbocycles. The van der Waals surface area contributed by atoms with Crippen LogP contribution in [0.25, 0.3) is 0 Å². The largest absolute Gasteiger partial charge is 0.393 e. The van der Waals surface area contributed by atoms with E-state index >= 15 is 0 Å². The molecule has 0 radical (unpaired) electrons. The van der Waals surface area contributed by atoms with Gasteiger partial charge < -0.3 is 5.11 Å². The first kappa shape index (κ1) is 8.55. The third-order valence-electron chi connectivity index (χ3n) is 3.88. The van der Waals surface area contributed by atoms with Crippen molar-refractivity contribution in [2.24, 2.45) is 23.2 Å². The SMILES string of the molecule is CC(C)(C)C1[C@H]2CC[C@@H]1[C@@H](O)C2. The Morgan fingerprint density at radius 3 is 2.08 bits per heavy atom. The Kier molecular flexibility index (Phi) is 1.76. The van der Waals surface area contributed by atoms with E-state index in [1.54, 1.807) is 0 Å². The Labute approximate surface area is 75.2 Å². The summed E-state index contributed by atoms with van der Waals surface area (Å²) in [6.07, 6.45) is 3.73. The van der Waals surface area contributed by atoms with Crippen LogP contribution in [0.15, 0.2) is 0 Å². The lowest BCUT2D eigenvalue weighted by molar-refractivity contribution is 0.0889. The minimum atomic E-state index is 0.0213. The molecular weight excluding hydrogens is 148 g/mol. The Bertz CT molecular complexity index is 180. The number of aliphatic hydroxyl groups is 1. The van der Waals surface area contributed by atoms with Crippen LogP contribution in [-0.2, 0) is 0 Å². The van der Waals surface area contributed by atoms with Gasteiger partial charge in [0.05, 0.1) is 6.10 Å².